The Balaban J connectivity index is 2.09. The maximum Gasteiger partial charge on any atom is 0.127 e. The Morgan fingerprint density at radius 1 is 0.857 bits per heavy atom. The van der Waals surface area contributed by atoms with E-state index in [4.69, 9.17) is 14.2 Å². The molecule has 21 heavy (non-hydrogen) atoms. The Bertz CT molecular complexity index is 609. The maximum absolute atomic E-state index is 5.29. The summed E-state index contributed by atoms with van der Waals surface area (Å²) >= 11 is 0. The van der Waals surface area contributed by atoms with Gasteiger partial charge >= 0.3 is 0 Å². The second kappa shape index (κ2) is 7.19. The molecular weight excluding hydrogens is 268 g/mol. The number of hydrogen-bond donors (Lipinski definition) is 1. The topological polar surface area (TPSA) is 52.1 Å². The van der Waals surface area contributed by atoms with Crippen LogP contribution in [0.3, 0.4) is 0 Å². The molecule has 0 aromatic heterocycles. The molecule has 2 rings (SSSR count). The van der Waals surface area contributed by atoms with E-state index in [-0.39, 0.29) is 0 Å². The van der Waals surface area contributed by atoms with Crippen molar-refractivity contribution < 1.29 is 14.2 Å². The number of anilines is 1. The van der Waals surface area contributed by atoms with Gasteiger partial charge in [-0.3, -0.25) is 5.43 Å². The van der Waals surface area contributed by atoms with Crippen molar-refractivity contribution in [3.05, 3.63) is 48.0 Å². The van der Waals surface area contributed by atoms with E-state index in [0.717, 1.165) is 28.5 Å². The average molecular weight is 286 g/mol. The van der Waals surface area contributed by atoms with Gasteiger partial charge in [-0.1, -0.05) is 0 Å². The lowest BCUT2D eigenvalue weighted by atomic mass is 10.2. The minimum absolute atomic E-state index is 0.732. The molecule has 0 heterocycles. The molecule has 0 saturated carbocycles. The van der Waals surface area contributed by atoms with Gasteiger partial charge in [-0.2, -0.15) is 5.10 Å². The van der Waals surface area contributed by atoms with Crippen molar-refractivity contribution in [2.45, 2.75) is 0 Å². The van der Waals surface area contributed by atoms with E-state index in [9.17, 15) is 0 Å². The van der Waals surface area contributed by atoms with E-state index in [1.807, 2.05) is 42.5 Å². The molecule has 0 aliphatic carbocycles. The first kappa shape index (κ1) is 14.7. The lowest BCUT2D eigenvalue weighted by Gasteiger charge is -2.07. The van der Waals surface area contributed by atoms with Crippen LogP contribution in [0.1, 0.15) is 5.56 Å². The predicted molar refractivity (Wildman–Crippen MR) is 83.8 cm³/mol. The van der Waals surface area contributed by atoms with Crippen molar-refractivity contribution in [2.24, 2.45) is 5.10 Å². The highest BCUT2D eigenvalue weighted by atomic mass is 16.5. The number of benzene rings is 2. The fourth-order valence-corrected chi connectivity index (χ4v) is 1.78. The van der Waals surface area contributed by atoms with Gasteiger partial charge < -0.3 is 14.2 Å². The van der Waals surface area contributed by atoms with Gasteiger partial charge in [-0.25, -0.2) is 0 Å². The highest BCUT2D eigenvalue weighted by molar-refractivity contribution is 5.84. The minimum atomic E-state index is 0.732. The Morgan fingerprint density at radius 3 is 2.14 bits per heavy atom. The smallest absolute Gasteiger partial charge is 0.127 e. The number of methoxy groups -OCH3 is 3. The molecule has 0 fully saturated rings. The SMILES string of the molecule is COc1ccc(N/N=C/c2cc(OC)ccc2OC)cc1. The zero-order chi connectivity index (χ0) is 15.1. The molecule has 0 spiro atoms. The van der Waals surface area contributed by atoms with Crippen LogP contribution >= 0.6 is 0 Å². The second-order valence-electron chi connectivity index (χ2n) is 4.21. The van der Waals surface area contributed by atoms with E-state index in [1.165, 1.54) is 0 Å². The molecule has 0 unspecified atom stereocenters. The number of nitrogens with zero attached hydrogens (tertiary/aromatic N) is 1. The molecular formula is C16H18N2O3. The molecule has 0 aliphatic rings. The number of rotatable bonds is 6. The molecule has 2 aromatic carbocycles. The predicted octanol–water partition coefficient (Wildman–Crippen LogP) is 3.16. The van der Waals surface area contributed by atoms with Gasteiger partial charge in [0.1, 0.15) is 17.2 Å². The molecule has 0 saturated heterocycles. The van der Waals surface area contributed by atoms with Crippen molar-refractivity contribution in [2.75, 3.05) is 26.8 Å². The van der Waals surface area contributed by atoms with Crippen LogP contribution in [0.4, 0.5) is 5.69 Å². The number of hydrogen-bond acceptors (Lipinski definition) is 5. The van der Waals surface area contributed by atoms with Crippen molar-refractivity contribution in [1.82, 2.24) is 0 Å². The lowest BCUT2D eigenvalue weighted by molar-refractivity contribution is 0.402. The molecule has 1 N–H and O–H groups in total. The molecule has 5 heteroatoms. The summed E-state index contributed by atoms with van der Waals surface area (Å²) in [5, 5.41) is 4.20. The first-order valence-corrected chi connectivity index (χ1v) is 6.42. The van der Waals surface area contributed by atoms with Crippen LogP contribution in [-0.2, 0) is 0 Å². The van der Waals surface area contributed by atoms with Crippen LogP contribution in [0.5, 0.6) is 17.2 Å². The second-order valence-corrected chi connectivity index (χ2v) is 4.21. The largest absolute Gasteiger partial charge is 0.497 e. The molecule has 0 atom stereocenters. The molecule has 0 amide bonds. The summed E-state index contributed by atoms with van der Waals surface area (Å²) in [6.07, 6.45) is 1.69. The van der Waals surface area contributed by atoms with Crippen LogP contribution < -0.4 is 19.6 Å². The van der Waals surface area contributed by atoms with Crippen LogP contribution in [0, 0.1) is 0 Å². The fourth-order valence-electron chi connectivity index (χ4n) is 1.78. The Labute approximate surface area is 124 Å². The van der Waals surface area contributed by atoms with Gasteiger partial charge in [0.15, 0.2) is 0 Å². The van der Waals surface area contributed by atoms with Crippen LogP contribution in [0.15, 0.2) is 47.6 Å². The summed E-state index contributed by atoms with van der Waals surface area (Å²) in [4.78, 5) is 0. The van der Waals surface area contributed by atoms with Crippen molar-refractivity contribution in [3.63, 3.8) is 0 Å². The van der Waals surface area contributed by atoms with Crippen molar-refractivity contribution >= 4 is 11.9 Å². The van der Waals surface area contributed by atoms with Gasteiger partial charge in [0.2, 0.25) is 0 Å². The van der Waals surface area contributed by atoms with Gasteiger partial charge in [-0.15, -0.1) is 0 Å². The summed E-state index contributed by atoms with van der Waals surface area (Å²) in [5.74, 6) is 2.29. The van der Waals surface area contributed by atoms with Crippen LogP contribution in [0.25, 0.3) is 0 Å². The third kappa shape index (κ3) is 3.89. The van der Waals surface area contributed by atoms with E-state index >= 15 is 0 Å². The van der Waals surface area contributed by atoms with E-state index in [2.05, 4.69) is 10.5 Å². The summed E-state index contributed by atoms with van der Waals surface area (Å²) < 4.78 is 15.6. The first-order chi connectivity index (χ1) is 10.3. The normalized spacial score (nSPS) is 10.4. The molecule has 0 radical (unpaired) electrons. The van der Waals surface area contributed by atoms with Crippen LogP contribution in [0.2, 0.25) is 0 Å². The van der Waals surface area contributed by atoms with Gasteiger partial charge in [0.25, 0.3) is 0 Å². The quantitative estimate of drug-likeness (QED) is 0.654. The van der Waals surface area contributed by atoms with Crippen LogP contribution in [-0.4, -0.2) is 27.5 Å². The zero-order valence-electron chi connectivity index (χ0n) is 12.3. The number of hydrazone groups is 1. The fraction of sp³-hybridized carbons (Fsp3) is 0.188. The minimum Gasteiger partial charge on any atom is -0.497 e. The molecule has 0 aliphatic heterocycles. The third-order valence-corrected chi connectivity index (χ3v) is 2.92. The molecule has 5 nitrogen and oxygen atoms in total. The van der Waals surface area contributed by atoms with E-state index in [1.54, 1.807) is 27.5 Å². The summed E-state index contributed by atoms with van der Waals surface area (Å²) in [5.41, 5.74) is 4.65. The van der Waals surface area contributed by atoms with Crippen molar-refractivity contribution in [3.8, 4) is 17.2 Å². The molecule has 0 bridgehead atoms. The summed E-state index contributed by atoms with van der Waals surface area (Å²) in [7, 11) is 4.88. The monoisotopic (exact) mass is 286 g/mol. The van der Waals surface area contributed by atoms with E-state index in [0.29, 0.717) is 0 Å². The van der Waals surface area contributed by atoms with Gasteiger partial charge in [0.05, 0.1) is 33.2 Å². The number of nitrogens with one attached hydrogen (secondary N) is 1. The number of ether oxygens (including phenoxy) is 3. The lowest BCUT2D eigenvalue weighted by Crippen LogP contribution is -1.95. The standard InChI is InChI=1S/C16H18N2O3/c1-19-14-6-4-13(5-7-14)18-17-11-12-10-15(20-2)8-9-16(12)21-3/h4-11,18H,1-3H3/b17-11+. The highest BCUT2D eigenvalue weighted by Gasteiger charge is 2.02. The van der Waals surface area contributed by atoms with Crippen molar-refractivity contribution in [1.29, 1.82) is 0 Å². The van der Waals surface area contributed by atoms with E-state index < -0.39 is 0 Å². The Morgan fingerprint density at radius 2 is 1.52 bits per heavy atom. The molecule has 110 valence electrons. The Kier molecular flexibility index (Phi) is 5.04. The van der Waals surface area contributed by atoms with Gasteiger partial charge in [-0.05, 0) is 42.5 Å². The molecule has 2 aromatic rings. The highest BCUT2D eigenvalue weighted by Crippen LogP contribution is 2.22. The zero-order valence-corrected chi connectivity index (χ0v) is 12.3. The van der Waals surface area contributed by atoms with Gasteiger partial charge in [0, 0.05) is 5.56 Å². The third-order valence-electron chi connectivity index (χ3n) is 2.92. The maximum atomic E-state index is 5.29. The Hall–Kier alpha value is -2.69. The average Bonchev–Trinajstić information content (AvgIpc) is 2.55. The summed E-state index contributed by atoms with van der Waals surface area (Å²) in [6.45, 7) is 0. The summed E-state index contributed by atoms with van der Waals surface area (Å²) in [6, 6.07) is 13.0. The first-order valence-electron chi connectivity index (χ1n) is 6.42.